The Labute approximate surface area is 135 Å². The van der Waals surface area contributed by atoms with Crippen LogP contribution in [0.15, 0.2) is 18.5 Å². The van der Waals surface area contributed by atoms with Crippen molar-refractivity contribution < 1.29 is 25.8 Å². The number of hydrogen-bond donors (Lipinski definition) is 0. The summed E-state index contributed by atoms with van der Waals surface area (Å²) >= 11 is 0. The normalized spacial score (nSPS) is 10.6. The summed E-state index contributed by atoms with van der Waals surface area (Å²) in [4.78, 5) is 0. The maximum absolute atomic E-state index is 5.60. The van der Waals surface area contributed by atoms with Crippen LogP contribution in [-0.4, -0.2) is 16.9 Å². The van der Waals surface area contributed by atoms with E-state index in [0.29, 0.717) is 6.04 Å². The maximum atomic E-state index is 5.60. The number of benzene rings is 1. The molecule has 1 heterocycles. The van der Waals surface area contributed by atoms with Crippen LogP contribution in [0.3, 0.4) is 0 Å². The zero-order valence-electron chi connectivity index (χ0n) is 12.9. The second-order valence-corrected chi connectivity index (χ2v) is 5.35. The molecule has 0 aliphatic heterocycles. The van der Waals surface area contributed by atoms with Crippen LogP contribution in [0.4, 0.5) is 0 Å². The summed E-state index contributed by atoms with van der Waals surface area (Å²) in [5, 5.41) is 4.43. The van der Waals surface area contributed by atoms with Crippen LogP contribution in [0.2, 0.25) is 0 Å². The summed E-state index contributed by atoms with van der Waals surface area (Å²) in [5.41, 5.74) is 5.98. The molecule has 0 amide bonds. The van der Waals surface area contributed by atoms with E-state index in [9.17, 15) is 0 Å². The van der Waals surface area contributed by atoms with E-state index in [4.69, 9.17) is 4.74 Å². The second-order valence-electron chi connectivity index (χ2n) is 5.35. The van der Waals surface area contributed by atoms with Crippen molar-refractivity contribution in [2.24, 2.45) is 0 Å². The Morgan fingerprint density at radius 1 is 1.15 bits per heavy atom. The molecule has 0 aliphatic carbocycles. The Hall–Kier alpha value is -1.08. The van der Waals surface area contributed by atoms with Gasteiger partial charge in [-0.3, -0.25) is 4.68 Å². The second kappa shape index (κ2) is 6.58. The van der Waals surface area contributed by atoms with E-state index in [2.05, 4.69) is 52.0 Å². The molecule has 2 aromatic rings. The average Bonchev–Trinajstić information content (AvgIpc) is 2.82. The Bertz CT molecular complexity index is 603. The van der Waals surface area contributed by atoms with Crippen molar-refractivity contribution >= 4 is 0 Å². The Morgan fingerprint density at radius 2 is 1.80 bits per heavy atom. The van der Waals surface area contributed by atoms with Crippen LogP contribution in [0.5, 0.6) is 5.75 Å². The molecule has 0 saturated heterocycles. The minimum atomic E-state index is 0. The molecule has 2 rings (SSSR count). The van der Waals surface area contributed by atoms with Gasteiger partial charge in [0.1, 0.15) is 5.75 Å². The van der Waals surface area contributed by atoms with Crippen LogP contribution < -0.4 is 4.74 Å². The fraction of sp³-hybridized carbons (Fsp3) is 0.438. The molecule has 20 heavy (non-hydrogen) atoms. The molecule has 3 nitrogen and oxygen atoms in total. The zero-order valence-corrected chi connectivity index (χ0v) is 15.2. The predicted molar refractivity (Wildman–Crippen MR) is 78.8 cm³/mol. The number of aromatic nitrogens is 2. The molecular weight excluding hydrogens is 431 g/mol. The summed E-state index contributed by atoms with van der Waals surface area (Å²) in [6.45, 7) is 10.6. The van der Waals surface area contributed by atoms with Crippen molar-refractivity contribution in [3.8, 4) is 16.9 Å². The van der Waals surface area contributed by atoms with Crippen molar-refractivity contribution in [3.05, 3.63) is 35.2 Å². The van der Waals surface area contributed by atoms with E-state index in [-0.39, 0.29) is 21.1 Å². The van der Waals surface area contributed by atoms with Crippen molar-refractivity contribution in [1.29, 1.82) is 0 Å². The zero-order chi connectivity index (χ0) is 14.2. The number of hydrogen-bond acceptors (Lipinski definition) is 2. The van der Waals surface area contributed by atoms with Crippen molar-refractivity contribution in [2.45, 2.75) is 40.7 Å². The number of nitrogens with zero attached hydrogens (tertiary/aromatic N) is 2. The average molecular weight is 453 g/mol. The fourth-order valence-corrected chi connectivity index (χ4v) is 2.42. The first kappa shape index (κ1) is 17.0. The van der Waals surface area contributed by atoms with E-state index < -0.39 is 0 Å². The first-order valence-electron chi connectivity index (χ1n) is 6.65. The maximum Gasteiger partial charge on any atom is 0.129 e. The molecule has 1 aromatic carbocycles. The van der Waals surface area contributed by atoms with Crippen LogP contribution in [0.25, 0.3) is 11.1 Å². The number of methoxy groups -OCH3 is 1. The van der Waals surface area contributed by atoms with Gasteiger partial charge in [-0.15, -0.1) is 0 Å². The third-order valence-electron chi connectivity index (χ3n) is 3.61. The van der Waals surface area contributed by atoms with Gasteiger partial charge in [-0.05, 0) is 51.3 Å². The Kier molecular flexibility index (Phi) is 5.58. The first-order valence-corrected chi connectivity index (χ1v) is 6.65. The molecule has 0 aliphatic rings. The Morgan fingerprint density at radius 3 is 2.30 bits per heavy atom. The van der Waals surface area contributed by atoms with Gasteiger partial charge in [0.25, 0.3) is 0 Å². The van der Waals surface area contributed by atoms with E-state index in [1.807, 2.05) is 10.9 Å². The summed E-state index contributed by atoms with van der Waals surface area (Å²) in [6.07, 6.45) is 4.01. The molecule has 0 bridgehead atoms. The number of ether oxygens (including phenoxy) is 1. The topological polar surface area (TPSA) is 27.1 Å². The summed E-state index contributed by atoms with van der Waals surface area (Å²) in [5.74, 6) is 0.950. The van der Waals surface area contributed by atoms with Crippen molar-refractivity contribution in [2.75, 3.05) is 7.11 Å². The van der Waals surface area contributed by atoms with E-state index in [1.165, 1.54) is 11.1 Å². The largest absolute Gasteiger partial charge is 0.496 e. The van der Waals surface area contributed by atoms with Gasteiger partial charge in [0, 0.05) is 44.4 Å². The van der Waals surface area contributed by atoms with Crippen LogP contribution in [-0.2, 0) is 21.1 Å². The van der Waals surface area contributed by atoms with Gasteiger partial charge in [0.2, 0.25) is 0 Å². The molecule has 1 aromatic heterocycles. The van der Waals surface area contributed by atoms with Gasteiger partial charge >= 0.3 is 0 Å². The fourth-order valence-electron chi connectivity index (χ4n) is 2.42. The molecule has 0 radical (unpaired) electrons. The molecule has 0 unspecified atom stereocenters. The number of rotatable bonds is 3. The Balaban J connectivity index is 0.00000200. The van der Waals surface area contributed by atoms with Crippen LogP contribution in [0, 0.1) is 20.8 Å². The number of aryl methyl sites for hydroxylation is 2. The quantitative estimate of drug-likeness (QED) is 0.701. The van der Waals surface area contributed by atoms with E-state index in [0.717, 1.165) is 22.4 Å². The first-order chi connectivity index (χ1) is 8.95. The molecule has 0 spiro atoms. The van der Waals surface area contributed by atoms with E-state index >= 15 is 0 Å². The molecule has 0 saturated carbocycles. The van der Waals surface area contributed by atoms with Crippen molar-refractivity contribution in [1.82, 2.24) is 9.78 Å². The minimum Gasteiger partial charge on any atom is -0.496 e. The molecule has 4 heteroatoms. The van der Waals surface area contributed by atoms with Crippen LogP contribution >= 0.6 is 0 Å². The molecule has 0 N–H and O–H groups in total. The van der Waals surface area contributed by atoms with Crippen molar-refractivity contribution in [3.63, 3.8) is 0 Å². The van der Waals surface area contributed by atoms with Crippen LogP contribution in [0.1, 0.15) is 36.6 Å². The predicted octanol–water partition coefficient (Wildman–Crippen LogP) is 4.06. The molecule has 112 valence electrons. The monoisotopic (exact) mass is 453 g/mol. The summed E-state index contributed by atoms with van der Waals surface area (Å²) in [6, 6.07) is 2.54. The SMILES string of the molecule is COc1c(C)cc(C)c(C)c1-c1cnn(C(C)C)c1.[Pt]. The van der Waals surface area contributed by atoms with Gasteiger partial charge in [-0.2, -0.15) is 5.10 Å². The smallest absolute Gasteiger partial charge is 0.129 e. The summed E-state index contributed by atoms with van der Waals surface area (Å²) in [7, 11) is 1.73. The van der Waals surface area contributed by atoms with E-state index in [1.54, 1.807) is 7.11 Å². The van der Waals surface area contributed by atoms with Gasteiger partial charge in [0.05, 0.1) is 13.3 Å². The molecule has 0 atom stereocenters. The standard InChI is InChI=1S/C16H22N2O.Pt/c1-10(2)18-9-14(8-17-18)15-13(5)11(3)7-12(4)16(15)19-6;/h7-10H,1-6H3;. The minimum absolute atomic E-state index is 0. The third kappa shape index (κ3) is 2.98. The van der Waals surface area contributed by atoms with Gasteiger partial charge < -0.3 is 4.74 Å². The molecular formula is C16H22N2OPt. The van der Waals surface area contributed by atoms with Gasteiger partial charge in [0.15, 0.2) is 0 Å². The molecule has 0 fully saturated rings. The van der Waals surface area contributed by atoms with Gasteiger partial charge in [-0.1, -0.05) is 6.07 Å². The van der Waals surface area contributed by atoms with Gasteiger partial charge in [-0.25, -0.2) is 0 Å². The summed E-state index contributed by atoms with van der Waals surface area (Å²) < 4.78 is 7.58. The third-order valence-corrected chi connectivity index (χ3v) is 3.61.